The molecule has 1 aromatic carbocycles. The molecule has 2 aromatic rings. The number of likely N-dealkylation sites (tertiary alicyclic amines) is 2. The summed E-state index contributed by atoms with van der Waals surface area (Å²) in [6, 6.07) is 6.73. The summed E-state index contributed by atoms with van der Waals surface area (Å²) in [7, 11) is 0. The van der Waals surface area contributed by atoms with Crippen LogP contribution in [-0.4, -0.2) is 51.9 Å². The number of amides is 1. The maximum Gasteiger partial charge on any atom is 0.257 e. The standard InChI is InChI=1S/C23H29FN4O/c1-17-21(23(29)28-12-3-2-4-13-28)14-25-22(26-17)19-6-5-11-27(16-19)15-18-7-9-20(24)10-8-18/h7-10,14,19H,2-6,11-13,15-16H2,1H3/t19-/m1/s1. The van der Waals surface area contributed by atoms with Gasteiger partial charge in [-0.1, -0.05) is 12.1 Å². The van der Waals surface area contributed by atoms with E-state index in [-0.39, 0.29) is 17.6 Å². The molecule has 0 aliphatic carbocycles. The molecule has 29 heavy (non-hydrogen) atoms. The molecule has 2 fully saturated rings. The van der Waals surface area contributed by atoms with Crippen molar-refractivity contribution >= 4 is 5.91 Å². The highest BCUT2D eigenvalue weighted by Gasteiger charge is 2.26. The number of halogens is 1. The van der Waals surface area contributed by atoms with E-state index in [1.807, 2.05) is 24.0 Å². The van der Waals surface area contributed by atoms with Crippen molar-refractivity contribution in [3.63, 3.8) is 0 Å². The Hall–Kier alpha value is -2.34. The summed E-state index contributed by atoms with van der Waals surface area (Å²) in [6.45, 7) is 6.30. The van der Waals surface area contributed by atoms with Crippen LogP contribution in [-0.2, 0) is 6.54 Å². The average Bonchev–Trinajstić information content (AvgIpc) is 2.76. The number of piperidine rings is 2. The molecule has 0 saturated carbocycles. The van der Waals surface area contributed by atoms with Gasteiger partial charge in [-0.05, 0) is 63.3 Å². The number of carbonyl (C=O) groups excluding carboxylic acids is 1. The van der Waals surface area contributed by atoms with E-state index in [9.17, 15) is 9.18 Å². The van der Waals surface area contributed by atoms with E-state index in [0.29, 0.717) is 5.56 Å². The quantitative estimate of drug-likeness (QED) is 0.786. The van der Waals surface area contributed by atoms with E-state index in [2.05, 4.69) is 9.88 Å². The molecule has 1 aromatic heterocycles. The Morgan fingerprint density at radius 3 is 2.59 bits per heavy atom. The van der Waals surface area contributed by atoms with Crippen LogP contribution in [0.1, 0.15) is 65.5 Å². The highest BCUT2D eigenvalue weighted by Crippen LogP contribution is 2.26. The number of hydrogen-bond donors (Lipinski definition) is 0. The van der Waals surface area contributed by atoms with Gasteiger partial charge in [-0.25, -0.2) is 14.4 Å². The van der Waals surface area contributed by atoms with Gasteiger partial charge in [0.1, 0.15) is 11.6 Å². The number of nitrogens with zero attached hydrogens (tertiary/aromatic N) is 4. The summed E-state index contributed by atoms with van der Waals surface area (Å²) < 4.78 is 13.1. The van der Waals surface area contributed by atoms with Gasteiger partial charge < -0.3 is 4.90 Å². The van der Waals surface area contributed by atoms with E-state index >= 15 is 0 Å². The molecule has 2 aliphatic rings. The molecule has 3 heterocycles. The maximum atomic E-state index is 13.1. The van der Waals surface area contributed by atoms with Crippen molar-refractivity contribution in [1.82, 2.24) is 19.8 Å². The summed E-state index contributed by atoms with van der Waals surface area (Å²) in [5.74, 6) is 0.965. The zero-order chi connectivity index (χ0) is 20.2. The topological polar surface area (TPSA) is 49.3 Å². The minimum Gasteiger partial charge on any atom is -0.339 e. The SMILES string of the molecule is Cc1nc([C@@H]2CCCN(Cc3ccc(F)cc3)C2)ncc1C(=O)N1CCCCC1. The van der Waals surface area contributed by atoms with Crippen LogP contribution < -0.4 is 0 Å². The normalized spacial score (nSPS) is 20.6. The minimum absolute atomic E-state index is 0.0651. The zero-order valence-corrected chi connectivity index (χ0v) is 17.1. The van der Waals surface area contributed by atoms with E-state index in [0.717, 1.165) is 75.5 Å². The van der Waals surface area contributed by atoms with E-state index in [1.165, 1.54) is 18.6 Å². The lowest BCUT2D eigenvalue weighted by Crippen LogP contribution is -2.36. The van der Waals surface area contributed by atoms with E-state index in [4.69, 9.17) is 4.98 Å². The molecule has 5 nitrogen and oxygen atoms in total. The number of benzene rings is 1. The molecule has 2 aliphatic heterocycles. The molecule has 0 spiro atoms. The number of hydrogen-bond acceptors (Lipinski definition) is 4. The summed E-state index contributed by atoms with van der Waals surface area (Å²) in [5.41, 5.74) is 2.53. The van der Waals surface area contributed by atoms with Crippen LogP contribution in [0.5, 0.6) is 0 Å². The van der Waals surface area contributed by atoms with Crippen molar-refractivity contribution in [1.29, 1.82) is 0 Å². The van der Waals surface area contributed by atoms with E-state index < -0.39 is 0 Å². The van der Waals surface area contributed by atoms with Crippen LogP contribution in [0.15, 0.2) is 30.5 Å². The van der Waals surface area contributed by atoms with Crippen LogP contribution in [0, 0.1) is 12.7 Å². The molecular formula is C23H29FN4O. The highest BCUT2D eigenvalue weighted by molar-refractivity contribution is 5.95. The summed E-state index contributed by atoms with van der Waals surface area (Å²) >= 11 is 0. The monoisotopic (exact) mass is 396 g/mol. The lowest BCUT2D eigenvalue weighted by Gasteiger charge is -2.32. The summed E-state index contributed by atoms with van der Waals surface area (Å²) in [4.78, 5) is 26.4. The lowest BCUT2D eigenvalue weighted by atomic mass is 9.96. The van der Waals surface area contributed by atoms with Crippen LogP contribution >= 0.6 is 0 Å². The first-order valence-corrected chi connectivity index (χ1v) is 10.7. The maximum absolute atomic E-state index is 13.1. The fourth-order valence-electron chi connectivity index (χ4n) is 4.42. The van der Waals surface area contributed by atoms with Gasteiger partial charge in [0.15, 0.2) is 0 Å². The molecule has 2 saturated heterocycles. The zero-order valence-electron chi connectivity index (χ0n) is 17.1. The molecule has 6 heteroatoms. The molecule has 0 bridgehead atoms. The van der Waals surface area contributed by atoms with Gasteiger partial charge in [-0.3, -0.25) is 9.69 Å². The van der Waals surface area contributed by atoms with Crippen LogP contribution in [0.25, 0.3) is 0 Å². The summed E-state index contributed by atoms with van der Waals surface area (Å²) in [5, 5.41) is 0. The third kappa shape index (κ3) is 4.81. The van der Waals surface area contributed by atoms with Crippen LogP contribution in [0.4, 0.5) is 4.39 Å². The number of aryl methyl sites for hydroxylation is 1. The van der Waals surface area contributed by atoms with Crippen molar-refractivity contribution < 1.29 is 9.18 Å². The average molecular weight is 397 g/mol. The van der Waals surface area contributed by atoms with Gasteiger partial charge in [0.25, 0.3) is 5.91 Å². The highest BCUT2D eigenvalue weighted by atomic mass is 19.1. The fraction of sp³-hybridized carbons (Fsp3) is 0.522. The third-order valence-electron chi connectivity index (χ3n) is 6.06. The van der Waals surface area contributed by atoms with Crippen molar-refractivity contribution in [2.45, 2.75) is 51.5 Å². The first kappa shape index (κ1) is 20.0. The lowest BCUT2D eigenvalue weighted by molar-refractivity contribution is 0.0722. The third-order valence-corrected chi connectivity index (χ3v) is 6.06. The van der Waals surface area contributed by atoms with Crippen LogP contribution in [0.2, 0.25) is 0 Å². The smallest absolute Gasteiger partial charge is 0.257 e. The summed E-state index contributed by atoms with van der Waals surface area (Å²) in [6.07, 6.45) is 7.23. The molecule has 0 radical (unpaired) electrons. The van der Waals surface area contributed by atoms with Crippen molar-refractivity contribution in [3.05, 3.63) is 58.9 Å². The Balaban J connectivity index is 1.42. The largest absolute Gasteiger partial charge is 0.339 e. The molecule has 1 atom stereocenters. The number of carbonyl (C=O) groups is 1. The number of aromatic nitrogens is 2. The molecule has 1 amide bonds. The predicted molar refractivity (Wildman–Crippen MR) is 110 cm³/mol. The minimum atomic E-state index is -0.201. The van der Waals surface area contributed by atoms with Crippen LogP contribution in [0.3, 0.4) is 0 Å². The van der Waals surface area contributed by atoms with Gasteiger partial charge in [0, 0.05) is 38.3 Å². The van der Waals surface area contributed by atoms with Crippen molar-refractivity contribution in [3.8, 4) is 0 Å². The Morgan fingerprint density at radius 2 is 1.86 bits per heavy atom. The van der Waals surface area contributed by atoms with Gasteiger partial charge >= 0.3 is 0 Å². The Morgan fingerprint density at radius 1 is 1.10 bits per heavy atom. The first-order valence-electron chi connectivity index (χ1n) is 10.7. The van der Waals surface area contributed by atoms with Gasteiger partial charge in [-0.15, -0.1) is 0 Å². The first-order chi connectivity index (χ1) is 14.1. The van der Waals surface area contributed by atoms with Gasteiger partial charge in [0.05, 0.1) is 11.3 Å². The second-order valence-corrected chi connectivity index (χ2v) is 8.28. The second kappa shape index (κ2) is 8.99. The van der Waals surface area contributed by atoms with Gasteiger partial charge in [0.2, 0.25) is 0 Å². The fourth-order valence-corrected chi connectivity index (χ4v) is 4.42. The second-order valence-electron chi connectivity index (χ2n) is 8.28. The Kier molecular flexibility index (Phi) is 6.19. The van der Waals surface area contributed by atoms with Crippen molar-refractivity contribution in [2.75, 3.05) is 26.2 Å². The molecule has 0 unspecified atom stereocenters. The van der Waals surface area contributed by atoms with Gasteiger partial charge in [-0.2, -0.15) is 0 Å². The molecule has 0 N–H and O–H groups in total. The van der Waals surface area contributed by atoms with Crippen molar-refractivity contribution in [2.24, 2.45) is 0 Å². The number of rotatable bonds is 4. The molecule has 4 rings (SSSR count). The Bertz CT molecular complexity index is 848. The Labute approximate surface area is 172 Å². The molecule has 154 valence electrons. The van der Waals surface area contributed by atoms with E-state index in [1.54, 1.807) is 6.20 Å². The molecular weight excluding hydrogens is 367 g/mol. The predicted octanol–water partition coefficient (Wildman–Crippen LogP) is 3.93.